The van der Waals surface area contributed by atoms with Crippen molar-refractivity contribution >= 4 is 21.9 Å². The van der Waals surface area contributed by atoms with Crippen LogP contribution in [0.3, 0.4) is 0 Å². The van der Waals surface area contributed by atoms with Gasteiger partial charge in [0.25, 0.3) is 0 Å². The van der Waals surface area contributed by atoms with Gasteiger partial charge in [-0.15, -0.1) is 0 Å². The van der Waals surface area contributed by atoms with Gasteiger partial charge in [-0.25, -0.2) is 13.1 Å². The van der Waals surface area contributed by atoms with Gasteiger partial charge in [0, 0.05) is 19.0 Å². The zero-order valence-electron chi connectivity index (χ0n) is 13.6. The molecule has 0 atom stereocenters. The molecular formula is C16H22N2O5S. The molecule has 1 aromatic rings. The van der Waals surface area contributed by atoms with Crippen LogP contribution in [0.5, 0.6) is 0 Å². The largest absolute Gasteiger partial charge is 0.480 e. The van der Waals surface area contributed by atoms with Crippen LogP contribution in [0, 0.1) is 0 Å². The Morgan fingerprint density at radius 2 is 1.88 bits per heavy atom. The van der Waals surface area contributed by atoms with E-state index in [-0.39, 0.29) is 29.8 Å². The maximum Gasteiger partial charge on any atom is 0.323 e. The van der Waals surface area contributed by atoms with Gasteiger partial charge in [-0.2, -0.15) is 0 Å². The number of likely N-dealkylation sites (N-methyl/N-ethyl adjacent to an activating group) is 1. The highest BCUT2D eigenvalue weighted by atomic mass is 32.2. The van der Waals surface area contributed by atoms with Crippen LogP contribution >= 0.6 is 0 Å². The Labute approximate surface area is 141 Å². The highest BCUT2D eigenvalue weighted by Crippen LogP contribution is 2.22. The van der Waals surface area contributed by atoms with Gasteiger partial charge in [0.15, 0.2) is 0 Å². The number of hydrogen-bond acceptors (Lipinski definition) is 4. The van der Waals surface area contributed by atoms with Gasteiger partial charge in [0.1, 0.15) is 6.54 Å². The van der Waals surface area contributed by atoms with Crippen LogP contribution in [-0.4, -0.2) is 49.4 Å². The number of rotatable bonds is 9. The summed E-state index contributed by atoms with van der Waals surface area (Å²) in [5.41, 5.74) is 0.833. The Morgan fingerprint density at radius 1 is 1.25 bits per heavy atom. The molecule has 1 aliphatic carbocycles. The maximum absolute atomic E-state index is 12.1. The molecule has 1 amide bonds. The Hall–Kier alpha value is -1.93. The molecular weight excluding hydrogens is 332 g/mol. The van der Waals surface area contributed by atoms with Gasteiger partial charge >= 0.3 is 5.97 Å². The number of carboxylic acids is 1. The molecule has 1 aliphatic rings. The summed E-state index contributed by atoms with van der Waals surface area (Å²) in [6.45, 7) is 1.77. The second-order valence-corrected chi connectivity index (χ2v) is 7.56. The second-order valence-electron chi connectivity index (χ2n) is 5.84. The lowest BCUT2D eigenvalue weighted by molar-refractivity contribution is -0.144. The molecule has 2 N–H and O–H groups in total. The number of hydrogen-bond donors (Lipinski definition) is 2. The highest BCUT2D eigenvalue weighted by molar-refractivity contribution is 7.89. The topological polar surface area (TPSA) is 104 Å². The standard InChI is InChI=1S/C16H22N2O5S/c1-2-18(11-16(20)21)15(19)10-5-12-3-8-14(9-4-12)24(22,23)17-13-6-7-13/h3-4,8-9,13,17H,2,5-7,10-11H2,1H3,(H,20,21). The summed E-state index contributed by atoms with van der Waals surface area (Å²) in [5, 5.41) is 8.77. The molecule has 2 rings (SSSR count). The van der Waals surface area contributed by atoms with Crippen molar-refractivity contribution in [3.05, 3.63) is 29.8 Å². The molecule has 1 aromatic carbocycles. The number of nitrogens with zero attached hydrogens (tertiary/aromatic N) is 1. The summed E-state index contributed by atoms with van der Waals surface area (Å²) in [4.78, 5) is 24.2. The Morgan fingerprint density at radius 3 is 2.38 bits per heavy atom. The van der Waals surface area contributed by atoms with Crippen LogP contribution in [0.15, 0.2) is 29.2 Å². The lowest BCUT2D eigenvalue weighted by Crippen LogP contribution is -2.35. The predicted octanol–water partition coefficient (Wildman–Crippen LogP) is 0.993. The third kappa shape index (κ3) is 5.31. The first kappa shape index (κ1) is 18.4. The minimum atomic E-state index is -3.47. The fourth-order valence-electron chi connectivity index (χ4n) is 2.27. The quantitative estimate of drug-likeness (QED) is 0.688. The van der Waals surface area contributed by atoms with E-state index in [0.29, 0.717) is 13.0 Å². The first-order chi connectivity index (χ1) is 11.3. The number of carboxylic acid groups (broad SMARTS) is 1. The molecule has 8 heteroatoms. The van der Waals surface area contributed by atoms with Crippen molar-refractivity contribution in [3.63, 3.8) is 0 Å². The Kier molecular flexibility index (Phi) is 5.95. The second kappa shape index (κ2) is 7.76. The summed E-state index contributed by atoms with van der Waals surface area (Å²) >= 11 is 0. The monoisotopic (exact) mass is 354 g/mol. The zero-order chi connectivity index (χ0) is 17.7. The fourth-order valence-corrected chi connectivity index (χ4v) is 3.58. The number of amides is 1. The summed E-state index contributed by atoms with van der Waals surface area (Å²) in [6.07, 6.45) is 2.38. The number of benzene rings is 1. The first-order valence-electron chi connectivity index (χ1n) is 7.92. The van der Waals surface area contributed by atoms with Crippen molar-refractivity contribution in [1.82, 2.24) is 9.62 Å². The van der Waals surface area contributed by atoms with Gasteiger partial charge in [0.2, 0.25) is 15.9 Å². The fraction of sp³-hybridized carbons (Fsp3) is 0.500. The molecule has 0 bridgehead atoms. The smallest absolute Gasteiger partial charge is 0.323 e. The SMILES string of the molecule is CCN(CC(=O)O)C(=O)CCc1ccc(S(=O)(=O)NC2CC2)cc1. The van der Waals surface area contributed by atoms with E-state index in [2.05, 4.69) is 4.72 Å². The van der Waals surface area contributed by atoms with Crippen molar-refractivity contribution in [3.8, 4) is 0 Å². The highest BCUT2D eigenvalue weighted by Gasteiger charge is 2.27. The lowest BCUT2D eigenvalue weighted by Gasteiger charge is -2.18. The molecule has 0 heterocycles. The van der Waals surface area contributed by atoms with E-state index in [4.69, 9.17) is 5.11 Å². The third-order valence-corrected chi connectivity index (χ3v) is 5.36. The number of sulfonamides is 1. The van der Waals surface area contributed by atoms with Crippen LogP contribution in [0.1, 0.15) is 31.7 Å². The van der Waals surface area contributed by atoms with Gasteiger partial charge < -0.3 is 10.0 Å². The van der Waals surface area contributed by atoms with Crippen LogP contribution in [0.2, 0.25) is 0 Å². The molecule has 0 spiro atoms. The zero-order valence-corrected chi connectivity index (χ0v) is 14.4. The summed E-state index contributed by atoms with van der Waals surface area (Å²) in [5.74, 6) is -1.27. The minimum absolute atomic E-state index is 0.0570. The molecule has 132 valence electrons. The van der Waals surface area contributed by atoms with Crippen LogP contribution in [-0.2, 0) is 26.0 Å². The van der Waals surface area contributed by atoms with E-state index in [9.17, 15) is 18.0 Å². The third-order valence-electron chi connectivity index (χ3n) is 3.82. The molecule has 1 fully saturated rings. The van der Waals surface area contributed by atoms with Crippen molar-refractivity contribution in [2.24, 2.45) is 0 Å². The normalized spacial score (nSPS) is 14.4. The summed E-state index contributed by atoms with van der Waals surface area (Å²) in [7, 11) is -3.47. The number of carbonyl (C=O) groups excluding carboxylic acids is 1. The molecule has 0 saturated heterocycles. The van der Waals surface area contributed by atoms with Crippen LogP contribution in [0.25, 0.3) is 0 Å². The predicted molar refractivity (Wildman–Crippen MR) is 88.0 cm³/mol. The molecule has 0 unspecified atom stereocenters. The summed E-state index contributed by atoms with van der Waals surface area (Å²) in [6, 6.07) is 6.48. The van der Waals surface area contributed by atoms with Crippen molar-refractivity contribution in [1.29, 1.82) is 0 Å². The van der Waals surface area contributed by atoms with E-state index < -0.39 is 16.0 Å². The van der Waals surface area contributed by atoms with E-state index >= 15 is 0 Å². The van der Waals surface area contributed by atoms with Gasteiger partial charge in [-0.1, -0.05) is 12.1 Å². The van der Waals surface area contributed by atoms with Gasteiger partial charge in [0.05, 0.1) is 4.90 Å². The first-order valence-corrected chi connectivity index (χ1v) is 9.41. The summed E-state index contributed by atoms with van der Waals surface area (Å²) < 4.78 is 26.7. The van der Waals surface area contributed by atoms with E-state index in [0.717, 1.165) is 18.4 Å². The number of aryl methyl sites for hydroxylation is 1. The van der Waals surface area contributed by atoms with E-state index in [1.54, 1.807) is 19.1 Å². The van der Waals surface area contributed by atoms with E-state index in [1.165, 1.54) is 17.0 Å². The molecule has 1 saturated carbocycles. The van der Waals surface area contributed by atoms with Gasteiger partial charge in [-0.3, -0.25) is 9.59 Å². The number of carbonyl (C=O) groups is 2. The maximum atomic E-state index is 12.1. The molecule has 0 aliphatic heterocycles. The van der Waals surface area contributed by atoms with Crippen molar-refractivity contribution in [2.45, 2.75) is 43.5 Å². The Bertz CT molecular complexity index is 696. The average Bonchev–Trinajstić information content (AvgIpc) is 3.33. The Balaban J connectivity index is 1.91. The molecule has 0 radical (unpaired) electrons. The lowest BCUT2D eigenvalue weighted by atomic mass is 10.1. The molecule has 24 heavy (non-hydrogen) atoms. The van der Waals surface area contributed by atoms with Gasteiger partial charge in [-0.05, 0) is 43.9 Å². The minimum Gasteiger partial charge on any atom is -0.480 e. The molecule has 0 aromatic heterocycles. The van der Waals surface area contributed by atoms with Crippen LogP contribution < -0.4 is 4.72 Å². The van der Waals surface area contributed by atoms with Crippen molar-refractivity contribution in [2.75, 3.05) is 13.1 Å². The number of nitrogens with one attached hydrogen (secondary N) is 1. The average molecular weight is 354 g/mol. The van der Waals surface area contributed by atoms with Crippen LogP contribution in [0.4, 0.5) is 0 Å². The number of aliphatic carboxylic acids is 1. The van der Waals surface area contributed by atoms with E-state index in [1.807, 2.05) is 0 Å². The molecule has 7 nitrogen and oxygen atoms in total. The van der Waals surface area contributed by atoms with Crippen molar-refractivity contribution < 1.29 is 23.1 Å².